The highest BCUT2D eigenvalue weighted by Crippen LogP contribution is 2.49. The van der Waals surface area contributed by atoms with Gasteiger partial charge in [-0.25, -0.2) is 22.0 Å². The summed E-state index contributed by atoms with van der Waals surface area (Å²) in [5.74, 6) is -1.62. The maximum Gasteiger partial charge on any atom is 0.404 e. The van der Waals surface area contributed by atoms with E-state index in [2.05, 4.69) is 0 Å². The van der Waals surface area contributed by atoms with E-state index in [0.29, 0.717) is 17.9 Å². The molecule has 0 atom stereocenters. The lowest BCUT2D eigenvalue weighted by Gasteiger charge is -2.40. The molecule has 0 aliphatic heterocycles. The van der Waals surface area contributed by atoms with Crippen molar-refractivity contribution in [2.45, 2.75) is 35.3 Å². The van der Waals surface area contributed by atoms with Crippen molar-refractivity contribution in [2.24, 2.45) is 11.7 Å². The van der Waals surface area contributed by atoms with Crippen molar-refractivity contribution in [1.82, 2.24) is 0 Å². The molecule has 3 rings (SSSR count). The molecule has 0 spiro atoms. The quantitative estimate of drug-likeness (QED) is 0.733. The molecule has 1 aliphatic rings. The summed E-state index contributed by atoms with van der Waals surface area (Å²) in [6.07, 6.45) is -0.130. The van der Waals surface area contributed by atoms with Gasteiger partial charge in [0.05, 0.1) is 11.5 Å². The molecule has 2 aromatic carbocycles. The molecule has 29 heavy (non-hydrogen) atoms. The number of carbonyl (C=O) groups is 1. The maximum atomic E-state index is 14.7. The lowest BCUT2D eigenvalue weighted by atomic mass is 9.78. The van der Waals surface area contributed by atoms with Gasteiger partial charge < -0.3 is 10.5 Å². The molecule has 0 radical (unpaired) electrons. The number of hydrogen-bond donors (Lipinski definition) is 1. The molecule has 5 nitrogen and oxygen atoms in total. The molecule has 2 N–H and O–H groups in total. The Morgan fingerprint density at radius 2 is 1.76 bits per heavy atom. The summed E-state index contributed by atoms with van der Waals surface area (Å²) >= 11 is 5.87. The van der Waals surface area contributed by atoms with Crippen LogP contribution in [0.5, 0.6) is 0 Å². The Kier molecular flexibility index (Phi) is 6.14. The van der Waals surface area contributed by atoms with E-state index in [0.717, 1.165) is 18.2 Å². The number of benzene rings is 2. The number of carbonyl (C=O) groups excluding carboxylic acids is 1. The second-order valence-electron chi connectivity index (χ2n) is 7.15. The summed E-state index contributed by atoms with van der Waals surface area (Å²) in [7, 11) is -4.09. The molecule has 2 aromatic rings. The van der Waals surface area contributed by atoms with Crippen LogP contribution in [0.4, 0.5) is 13.6 Å². The van der Waals surface area contributed by atoms with Crippen LogP contribution in [-0.4, -0.2) is 21.1 Å². The number of primary amides is 1. The molecule has 1 saturated carbocycles. The van der Waals surface area contributed by atoms with Crippen LogP contribution in [0.1, 0.15) is 31.2 Å². The third kappa shape index (κ3) is 4.23. The van der Waals surface area contributed by atoms with Gasteiger partial charge in [0.1, 0.15) is 16.4 Å². The second kappa shape index (κ2) is 8.28. The SMILES string of the molecule is NC(=O)OCC1CCC(c2cc(F)ccc2F)(S(=O)(=O)c2ccc(Cl)cc2)CC1. The van der Waals surface area contributed by atoms with Gasteiger partial charge in [-0.15, -0.1) is 0 Å². The zero-order valence-corrected chi connectivity index (χ0v) is 17.0. The van der Waals surface area contributed by atoms with Crippen molar-refractivity contribution < 1.29 is 26.7 Å². The fourth-order valence-corrected chi connectivity index (χ4v) is 6.17. The van der Waals surface area contributed by atoms with Gasteiger partial charge in [-0.3, -0.25) is 0 Å². The van der Waals surface area contributed by atoms with Crippen LogP contribution in [0, 0.1) is 17.6 Å². The van der Waals surface area contributed by atoms with Gasteiger partial charge in [0.2, 0.25) is 0 Å². The lowest BCUT2D eigenvalue weighted by Crippen LogP contribution is -2.41. The number of sulfone groups is 1. The lowest BCUT2D eigenvalue weighted by molar-refractivity contribution is 0.118. The van der Waals surface area contributed by atoms with Crippen LogP contribution in [0.15, 0.2) is 47.4 Å². The Morgan fingerprint density at radius 3 is 2.34 bits per heavy atom. The minimum atomic E-state index is -4.09. The van der Waals surface area contributed by atoms with E-state index < -0.39 is 32.3 Å². The number of halogens is 3. The molecule has 0 unspecified atom stereocenters. The molecule has 1 fully saturated rings. The summed E-state index contributed by atoms with van der Waals surface area (Å²) in [4.78, 5) is 10.8. The topological polar surface area (TPSA) is 86.5 Å². The summed E-state index contributed by atoms with van der Waals surface area (Å²) in [5, 5.41) is 0.363. The molecular weight excluding hydrogens is 424 g/mol. The molecule has 156 valence electrons. The largest absolute Gasteiger partial charge is 0.449 e. The van der Waals surface area contributed by atoms with E-state index in [-0.39, 0.29) is 35.8 Å². The van der Waals surface area contributed by atoms with Crippen LogP contribution in [-0.2, 0) is 19.3 Å². The van der Waals surface area contributed by atoms with E-state index >= 15 is 0 Å². The van der Waals surface area contributed by atoms with Gasteiger partial charge in [-0.05, 0) is 74.1 Å². The van der Waals surface area contributed by atoms with Crippen LogP contribution in [0.2, 0.25) is 5.02 Å². The van der Waals surface area contributed by atoms with Crippen molar-refractivity contribution in [3.8, 4) is 0 Å². The summed E-state index contributed by atoms with van der Waals surface area (Å²) in [6, 6.07) is 8.44. The smallest absolute Gasteiger partial charge is 0.404 e. The van der Waals surface area contributed by atoms with Gasteiger partial charge in [0.15, 0.2) is 9.84 Å². The number of ether oxygens (including phenoxy) is 1. The first-order valence-electron chi connectivity index (χ1n) is 9.04. The highest BCUT2D eigenvalue weighted by molar-refractivity contribution is 7.92. The van der Waals surface area contributed by atoms with Crippen LogP contribution < -0.4 is 5.73 Å². The molecule has 9 heteroatoms. The number of hydrogen-bond acceptors (Lipinski definition) is 4. The van der Waals surface area contributed by atoms with Crippen molar-refractivity contribution in [3.63, 3.8) is 0 Å². The standard InChI is InChI=1S/C20H20ClF2NO4S/c21-14-1-4-16(5-2-14)29(26,27)20(17-11-15(22)3-6-18(17)23)9-7-13(8-10-20)12-28-19(24)25/h1-6,11,13H,7-10,12H2,(H2,24,25). The van der Waals surface area contributed by atoms with Crippen LogP contribution >= 0.6 is 11.6 Å². The average Bonchev–Trinajstić information content (AvgIpc) is 2.69. The first kappa shape index (κ1) is 21.5. The summed E-state index contributed by atoms with van der Waals surface area (Å²) in [6.45, 7) is 0.0536. The van der Waals surface area contributed by atoms with Gasteiger partial charge in [-0.2, -0.15) is 0 Å². The van der Waals surface area contributed by atoms with E-state index in [4.69, 9.17) is 22.1 Å². The third-order valence-corrected chi connectivity index (χ3v) is 8.23. The number of nitrogens with two attached hydrogens (primary N) is 1. The van der Waals surface area contributed by atoms with Crippen molar-refractivity contribution in [2.75, 3.05) is 6.61 Å². The van der Waals surface area contributed by atoms with Gasteiger partial charge in [0.25, 0.3) is 0 Å². The van der Waals surface area contributed by atoms with E-state index in [1.165, 1.54) is 24.3 Å². The Labute approximate surface area is 172 Å². The van der Waals surface area contributed by atoms with E-state index in [9.17, 15) is 22.0 Å². The highest BCUT2D eigenvalue weighted by atomic mass is 35.5. The number of amides is 1. The average molecular weight is 444 g/mol. The molecule has 0 saturated heterocycles. The molecule has 0 aromatic heterocycles. The Hall–Kier alpha value is -2.19. The Balaban J connectivity index is 2.05. The fraction of sp³-hybridized carbons (Fsp3) is 0.350. The molecule has 0 heterocycles. The normalized spacial score (nSPS) is 22.2. The molecule has 0 bridgehead atoms. The zero-order valence-electron chi connectivity index (χ0n) is 15.4. The van der Waals surface area contributed by atoms with Gasteiger partial charge >= 0.3 is 6.09 Å². The molecular formula is C20H20ClF2NO4S. The third-order valence-electron chi connectivity index (χ3n) is 5.43. The van der Waals surface area contributed by atoms with Gasteiger partial charge in [0, 0.05) is 10.6 Å². The number of rotatable bonds is 5. The maximum absolute atomic E-state index is 14.7. The highest BCUT2D eigenvalue weighted by Gasteiger charge is 2.50. The zero-order chi connectivity index (χ0) is 21.2. The molecule has 1 aliphatic carbocycles. The summed E-state index contributed by atoms with van der Waals surface area (Å²) in [5.41, 5.74) is 4.80. The van der Waals surface area contributed by atoms with Gasteiger partial charge in [-0.1, -0.05) is 11.6 Å². The Bertz CT molecular complexity index is 1000. The second-order valence-corrected chi connectivity index (χ2v) is 9.85. The van der Waals surface area contributed by atoms with E-state index in [1.54, 1.807) is 0 Å². The van der Waals surface area contributed by atoms with Crippen molar-refractivity contribution in [3.05, 3.63) is 64.7 Å². The molecule has 1 amide bonds. The first-order valence-corrected chi connectivity index (χ1v) is 10.9. The summed E-state index contributed by atoms with van der Waals surface area (Å²) < 4.78 is 59.1. The van der Waals surface area contributed by atoms with E-state index in [1.807, 2.05) is 0 Å². The Morgan fingerprint density at radius 1 is 1.14 bits per heavy atom. The van der Waals surface area contributed by atoms with Crippen LogP contribution in [0.25, 0.3) is 0 Å². The van der Waals surface area contributed by atoms with Crippen LogP contribution in [0.3, 0.4) is 0 Å². The minimum absolute atomic E-state index is 0.0163. The monoisotopic (exact) mass is 443 g/mol. The minimum Gasteiger partial charge on any atom is -0.449 e. The fourth-order valence-electron chi connectivity index (χ4n) is 3.88. The predicted octanol–water partition coefficient (Wildman–Crippen LogP) is 4.57. The predicted molar refractivity (Wildman–Crippen MR) is 104 cm³/mol. The van der Waals surface area contributed by atoms with Crippen molar-refractivity contribution in [1.29, 1.82) is 0 Å². The van der Waals surface area contributed by atoms with Crippen molar-refractivity contribution >= 4 is 27.5 Å². The first-order chi connectivity index (χ1) is 13.7.